The summed E-state index contributed by atoms with van der Waals surface area (Å²) in [6.45, 7) is -0.445. The van der Waals surface area contributed by atoms with E-state index in [1.807, 2.05) is 0 Å². The van der Waals surface area contributed by atoms with Crippen LogP contribution in [-0.2, 0) is 57.0 Å². The number of carboxylic acid groups (broad SMARTS) is 1. The fraction of sp³-hybridized carbons (Fsp3) is 0.795. The number of aliphatic hydroxyl groups excluding tert-OH is 14. The van der Waals surface area contributed by atoms with Crippen LogP contribution in [0.25, 0.3) is 0 Å². The Bertz CT molecular complexity index is 1970. The predicted molar refractivity (Wildman–Crippen MR) is 232 cm³/mol. The van der Waals surface area contributed by atoms with Gasteiger partial charge in [0.2, 0.25) is 11.7 Å². The number of amides is 2. The zero-order valence-electron chi connectivity index (χ0n) is 41.0. The van der Waals surface area contributed by atoms with E-state index in [-0.39, 0.29) is 41.7 Å². The van der Waals surface area contributed by atoms with E-state index in [9.17, 15) is 91.0 Å². The van der Waals surface area contributed by atoms with Crippen LogP contribution in [0.4, 0.5) is 0 Å². The van der Waals surface area contributed by atoms with E-state index < -0.39 is 210 Å². The van der Waals surface area contributed by atoms with E-state index in [2.05, 4.69) is 10.6 Å². The zero-order chi connectivity index (χ0) is 54.5. The summed E-state index contributed by atoms with van der Waals surface area (Å²) in [5.74, 6) is -7.38. The Morgan fingerprint density at radius 1 is 0.680 bits per heavy atom. The van der Waals surface area contributed by atoms with Gasteiger partial charge in [0.25, 0.3) is 5.91 Å². The molecule has 5 fully saturated rings. The molecule has 0 spiro atoms. The minimum absolute atomic E-state index is 0. The van der Waals surface area contributed by atoms with Crippen molar-refractivity contribution in [2.75, 3.05) is 33.0 Å². The summed E-state index contributed by atoms with van der Waals surface area (Å²) in [6, 6.07) is 3.79. The molecule has 0 aromatic heterocycles. The van der Waals surface area contributed by atoms with Gasteiger partial charge in [-0.2, -0.15) is 0 Å². The van der Waals surface area contributed by atoms with E-state index in [0.717, 1.165) is 6.92 Å². The van der Waals surface area contributed by atoms with Gasteiger partial charge >= 0.3 is 29.6 Å². The molecular formula is C44H67N2NaO28. The number of rotatable bonds is 20. The van der Waals surface area contributed by atoms with Crippen molar-refractivity contribution in [3.8, 4) is 0 Å². The molecule has 5 saturated heterocycles. The van der Waals surface area contributed by atoms with Crippen molar-refractivity contribution in [2.24, 2.45) is 0 Å². The Kier molecular flexibility index (Phi) is 23.5. The van der Waals surface area contributed by atoms with Gasteiger partial charge in [-0.1, -0.05) is 18.2 Å². The number of benzene rings is 1. The zero-order valence-corrected chi connectivity index (χ0v) is 43.0. The van der Waals surface area contributed by atoms with Gasteiger partial charge in [0.15, 0.2) is 25.2 Å². The molecule has 26 atom stereocenters. The second-order valence-electron chi connectivity index (χ2n) is 18.4. The molecule has 0 saturated carbocycles. The van der Waals surface area contributed by atoms with E-state index in [4.69, 9.17) is 47.4 Å². The summed E-state index contributed by atoms with van der Waals surface area (Å²) in [5, 5.41) is 170. The first kappa shape index (κ1) is 63.5. The van der Waals surface area contributed by atoms with Gasteiger partial charge in [-0.05, 0) is 26.0 Å². The summed E-state index contributed by atoms with van der Waals surface area (Å²) in [7, 11) is 0. The molecular weight excluding hydrogens is 1030 g/mol. The van der Waals surface area contributed by atoms with Crippen LogP contribution in [0.2, 0.25) is 0 Å². The maximum atomic E-state index is 14.1. The number of carbonyl (C=O) groups excluding carboxylic acids is 3. The van der Waals surface area contributed by atoms with Crippen molar-refractivity contribution in [3.05, 3.63) is 35.9 Å². The average molecular weight is 1090 g/mol. The van der Waals surface area contributed by atoms with Crippen molar-refractivity contribution >= 4 is 17.8 Å². The van der Waals surface area contributed by atoms with Crippen LogP contribution < -0.4 is 45.3 Å². The SMILES string of the molecule is CCO[C@@H]1O[C@@H](CO)[C@H](O)[C@H](O[C@@H]2O[C@@H](CO)[C@@H](O[C@@H]3O[C@@H](CO)[C@H](O)[C@H](O[C@]4(C(=O)[O-])C[C@@H](O)[C@@H](NC(C)=O)[C@H]([C@H](O)[C@H](O)CO)O4)[C@@H]3O)[C@H](O[C@@H]3O[C@@H](C)[C@@H](O)[C@H](O)[C@@H]3O)[C@@H]2NC(=O)c2ccccc2)[C@@H]1O.[Na+]. The molecule has 5 aliphatic heterocycles. The monoisotopic (exact) mass is 1090 g/mol. The van der Waals surface area contributed by atoms with E-state index in [1.54, 1.807) is 13.0 Å². The molecule has 5 aliphatic rings. The van der Waals surface area contributed by atoms with E-state index in [0.29, 0.717) is 0 Å². The molecule has 31 heteroatoms. The van der Waals surface area contributed by atoms with Crippen molar-refractivity contribution in [2.45, 2.75) is 186 Å². The number of ether oxygens (including phenoxy) is 10. The summed E-state index contributed by atoms with van der Waals surface area (Å²) in [6.07, 6.45) is -46.3. The molecule has 0 bridgehead atoms. The Hall–Kier alpha value is -2.33. The molecule has 422 valence electrons. The van der Waals surface area contributed by atoms with Gasteiger partial charge in [-0.15, -0.1) is 0 Å². The van der Waals surface area contributed by atoms with Crippen LogP contribution in [0.15, 0.2) is 30.3 Å². The number of aliphatic hydroxyl groups is 14. The van der Waals surface area contributed by atoms with Crippen LogP contribution in [0.1, 0.15) is 37.6 Å². The largest absolute Gasteiger partial charge is 1.00 e. The summed E-state index contributed by atoms with van der Waals surface area (Å²) in [4.78, 5) is 39.3. The van der Waals surface area contributed by atoms with Crippen molar-refractivity contribution in [1.82, 2.24) is 10.6 Å². The predicted octanol–water partition coefficient (Wildman–Crippen LogP) is -13.4. The third-order valence-corrected chi connectivity index (χ3v) is 13.3. The normalized spacial score (nSPS) is 43.1. The number of hydrogen-bond donors (Lipinski definition) is 16. The Balaban J connectivity index is 0.0000104. The maximum absolute atomic E-state index is 14.1. The fourth-order valence-corrected chi connectivity index (χ4v) is 9.34. The number of carbonyl (C=O) groups is 3. The first-order valence-electron chi connectivity index (χ1n) is 23.7. The molecule has 0 unspecified atom stereocenters. The summed E-state index contributed by atoms with van der Waals surface area (Å²) in [5.41, 5.74) is -0.0116. The van der Waals surface area contributed by atoms with Crippen molar-refractivity contribution < 1.29 is 168 Å². The second-order valence-corrected chi connectivity index (χ2v) is 18.4. The molecule has 16 N–H and O–H groups in total. The summed E-state index contributed by atoms with van der Waals surface area (Å²) < 4.78 is 58.8. The Labute approximate surface area is 449 Å². The molecule has 30 nitrogen and oxygen atoms in total. The number of nitrogens with one attached hydrogen (secondary N) is 2. The molecule has 2 amide bonds. The van der Waals surface area contributed by atoms with Gasteiger partial charge < -0.3 is 139 Å². The van der Waals surface area contributed by atoms with E-state index in [1.165, 1.54) is 31.2 Å². The van der Waals surface area contributed by atoms with Crippen LogP contribution in [0, 0.1) is 0 Å². The minimum atomic E-state index is -3.32. The van der Waals surface area contributed by atoms with Crippen LogP contribution in [-0.4, -0.2) is 281 Å². The molecule has 5 heterocycles. The molecule has 75 heavy (non-hydrogen) atoms. The smallest absolute Gasteiger partial charge is 0.544 e. The van der Waals surface area contributed by atoms with Gasteiger partial charge in [-0.3, -0.25) is 9.59 Å². The maximum Gasteiger partial charge on any atom is 1.00 e. The van der Waals surface area contributed by atoms with Crippen LogP contribution in [0.3, 0.4) is 0 Å². The topological polar surface area (TPSA) is 474 Å². The van der Waals surface area contributed by atoms with Gasteiger partial charge in [0.1, 0.15) is 116 Å². The Morgan fingerprint density at radius 2 is 1.23 bits per heavy atom. The summed E-state index contributed by atoms with van der Waals surface area (Å²) >= 11 is 0. The van der Waals surface area contributed by atoms with Crippen LogP contribution >= 0.6 is 0 Å². The first-order valence-corrected chi connectivity index (χ1v) is 23.7. The van der Waals surface area contributed by atoms with Crippen molar-refractivity contribution in [1.29, 1.82) is 0 Å². The van der Waals surface area contributed by atoms with Crippen molar-refractivity contribution in [3.63, 3.8) is 0 Å². The molecule has 6 rings (SSSR count). The van der Waals surface area contributed by atoms with Gasteiger partial charge in [0, 0.05) is 25.5 Å². The second kappa shape index (κ2) is 27.7. The third-order valence-electron chi connectivity index (χ3n) is 13.3. The number of aliphatic carboxylic acids is 1. The Morgan fingerprint density at radius 3 is 1.80 bits per heavy atom. The third kappa shape index (κ3) is 14.0. The average Bonchev–Trinajstić information content (AvgIpc) is 3.38. The minimum Gasteiger partial charge on any atom is -0.544 e. The molecule has 0 aliphatic carbocycles. The standard InChI is InChI=1S/C44H68N2O28.Na/c1-4-65-40-31(60)36(27(56)20(12-48)67-40)72-39-24(46-38(62)17-8-6-5-7-9-17)35(71-41-30(59)29(58)25(54)15(2)66-41)33(22(14-50)69-39)70-42-32(61)37(28(57)21(13-49)68-42)74-44(43(63)64)10-18(52)23(45-16(3)51)34(73-44)26(55)19(53)11-47;/h5-9,15,18-37,39-42,47-50,52-61H,4,10-14H2,1-3H3,(H,45,51)(H,46,62)(H,63,64);/q;+1/p-1/t15-,18+,19+,20-,21-,22-,23+,24-,25+,26+,27-,28-,29-,30-,31-,32-,33+,34+,35+,36-,37-,39-,40+,41-,42-,44-;/m0./s1. The van der Waals surface area contributed by atoms with E-state index >= 15 is 0 Å². The number of carboxylic acids is 1. The van der Waals surface area contributed by atoms with Crippen LogP contribution in [0.5, 0.6) is 0 Å². The molecule has 0 radical (unpaired) electrons. The molecule has 1 aromatic carbocycles. The van der Waals surface area contributed by atoms with Gasteiger partial charge in [-0.25, -0.2) is 0 Å². The quantitative estimate of drug-likeness (QED) is 0.0539. The molecule has 1 aromatic rings. The van der Waals surface area contributed by atoms with Gasteiger partial charge in [0.05, 0.1) is 44.7 Å². The first-order chi connectivity index (χ1) is 35.1. The fourth-order valence-electron chi connectivity index (χ4n) is 9.34. The number of hydrogen-bond acceptors (Lipinski definition) is 28.